The maximum atomic E-state index is 11.7. The number of methoxy groups -OCH3 is 1. The molecule has 1 fully saturated rings. The van der Waals surface area contributed by atoms with E-state index >= 15 is 0 Å². The first-order chi connectivity index (χ1) is 8.56. The Balaban J connectivity index is 2.19. The van der Waals surface area contributed by atoms with Crippen molar-refractivity contribution in [1.29, 1.82) is 0 Å². The first kappa shape index (κ1) is 15.4. The summed E-state index contributed by atoms with van der Waals surface area (Å²) in [6.07, 6.45) is 1.36. The Bertz CT molecular complexity index is 255. The lowest BCUT2D eigenvalue weighted by Crippen LogP contribution is -2.36. The van der Waals surface area contributed by atoms with Crippen molar-refractivity contribution in [3.63, 3.8) is 0 Å². The molecule has 0 spiro atoms. The van der Waals surface area contributed by atoms with Gasteiger partial charge in [0.1, 0.15) is 0 Å². The number of nitrogens with zero attached hydrogens (tertiary/aromatic N) is 1. The third kappa shape index (κ3) is 4.92. The van der Waals surface area contributed by atoms with Gasteiger partial charge in [0.2, 0.25) is 5.91 Å². The molecular formula is C13H27N3O2. The van der Waals surface area contributed by atoms with E-state index in [1.54, 1.807) is 7.11 Å². The van der Waals surface area contributed by atoms with Crippen molar-refractivity contribution in [2.75, 3.05) is 33.3 Å². The highest BCUT2D eigenvalue weighted by atomic mass is 16.5. The van der Waals surface area contributed by atoms with Gasteiger partial charge in [-0.2, -0.15) is 0 Å². The number of carbonyl (C=O) groups excluding carboxylic acids is 1. The van der Waals surface area contributed by atoms with E-state index in [-0.39, 0.29) is 12.0 Å². The number of nitrogens with one attached hydrogen (secondary N) is 1. The summed E-state index contributed by atoms with van der Waals surface area (Å²) in [5.41, 5.74) is 5.49. The molecular weight excluding hydrogens is 230 g/mol. The molecule has 0 radical (unpaired) electrons. The molecule has 1 aliphatic heterocycles. The number of nitrogens with two attached hydrogens (primary N) is 1. The fourth-order valence-corrected chi connectivity index (χ4v) is 2.30. The molecule has 2 unspecified atom stereocenters. The number of ether oxygens (including phenoxy) is 1. The van der Waals surface area contributed by atoms with Crippen LogP contribution in [0.15, 0.2) is 0 Å². The Morgan fingerprint density at radius 3 is 2.78 bits per heavy atom. The molecule has 18 heavy (non-hydrogen) atoms. The summed E-state index contributed by atoms with van der Waals surface area (Å²) >= 11 is 0. The molecule has 5 nitrogen and oxygen atoms in total. The van der Waals surface area contributed by atoms with Gasteiger partial charge in [-0.05, 0) is 32.7 Å². The minimum Gasteiger partial charge on any atom is -0.380 e. The van der Waals surface area contributed by atoms with Crippen LogP contribution in [-0.2, 0) is 9.53 Å². The molecule has 3 N–H and O–H groups in total. The van der Waals surface area contributed by atoms with Crippen molar-refractivity contribution in [1.82, 2.24) is 10.2 Å². The second kappa shape index (κ2) is 7.71. The first-order valence-corrected chi connectivity index (χ1v) is 6.80. The zero-order valence-corrected chi connectivity index (χ0v) is 11.8. The van der Waals surface area contributed by atoms with Crippen LogP contribution in [0.1, 0.15) is 26.7 Å². The second-order valence-corrected chi connectivity index (χ2v) is 5.34. The highest BCUT2D eigenvalue weighted by molar-refractivity contribution is 5.76. The number of rotatable bonds is 7. The molecule has 1 aliphatic rings. The summed E-state index contributed by atoms with van der Waals surface area (Å²) < 4.78 is 5.10. The van der Waals surface area contributed by atoms with E-state index in [1.807, 2.05) is 0 Å². The Kier molecular flexibility index (Phi) is 6.60. The molecule has 5 heteroatoms. The van der Waals surface area contributed by atoms with Crippen molar-refractivity contribution in [2.45, 2.75) is 38.8 Å². The van der Waals surface area contributed by atoms with Gasteiger partial charge in [-0.1, -0.05) is 0 Å². The van der Waals surface area contributed by atoms with Crippen LogP contribution in [0.2, 0.25) is 0 Å². The molecule has 1 rings (SSSR count). The number of carbonyl (C=O) groups is 1. The van der Waals surface area contributed by atoms with E-state index in [9.17, 15) is 4.79 Å². The minimum atomic E-state index is -0.166. The van der Waals surface area contributed by atoms with Crippen molar-refractivity contribution >= 4 is 5.91 Å². The molecule has 0 aromatic rings. The Morgan fingerprint density at radius 1 is 1.56 bits per heavy atom. The van der Waals surface area contributed by atoms with Crippen molar-refractivity contribution in [2.24, 2.45) is 11.7 Å². The van der Waals surface area contributed by atoms with Gasteiger partial charge in [0.25, 0.3) is 0 Å². The fourth-order valence-electron chi connectivity index (χ4n) is 2.30. The van der Waals surface area contributed by atoms with Gasteiger partial charge in [-0.25, -0.2) is 0 Å². The summed E-state index contributed by atoms with van der Waals surface area (Å²) in [5.74, 6) is 0.616. The molecule has 0 aliphatic carbocycles. The third-order valence-electron chi connectivity index (χ3n) is 3.64. The van der Waals surface area contributed by atoms with Crippen molar-refractivity contribution in [3.05, 3.63) is 0 Å². The van der Waals surface area contributed by atoms with Crippen LogP contribution >= 0.6 is 0 Å². The van der Waals surface area contributed by atoms with Gasteiger partial charge >= 0.3 is 0 Å². The Morgan fingerprint density at radius 2 is 2.28 bits per heavy atom. The van der Waals surface area contributed by atoms with E-state index in [1.165, 1.54) is 6.42 Å². The van der Waals surface area contributed by atoms with Crippen LogP contribution in [0.25, 0.3) is 0 Å². The van der Waals surface area contributed by atoms with E-state index < -0.39 is 0 Å². The number of hydrogen-bond donors (Lipinski definition) is 2. The molecule has 0 bridgehead atoms. The standard InChI is InChI=1S/C13H27N3O2/c1-10(2)16-5-4-11(9-16)8-15-13(17)6-12(7-14)18-3/h10-12H,4-9,14H2,1-3H3,(H,15,17). The summed E-state index contributed by atoms with van der Waals surface area (Å²) in [6.45, 7) is 7.80. The first-order valence-electron chi connectivity index (χ1n) is 6.80. The van der Waals surface area contributed by atoms with Crippen LogP contribution in [-0.4, -0.2) is 56.2 Å². The summed E-state index contributed by atoms with van der Waals surface area (Å²) in [4.78, 5) is 14.1. The largest absolute Gasteiger partial charge is 0.380 e. The average molecular weight is 257 g/mol. The lowest BCUT2D eigenvalue weighted by molar-refractivity contribution is -0.123. The molecule has 1 saturated heterocycles. The third-order valence-corrected chi connectivity index (χ3v) is 3.64. The normalized spacial score (nSPS) is 22.4. The number of likely N-dealkylation sites (tertiary alicyclic amines) is 1. The van der Waals surface area contributed by atoms with Crippen LogP contribution in [0.4, 0.5) is 0 Å². The van der Waals surface area contributed by atoms with Gasteiger partial charge in [0.15, 0.2) is 0 Å². The maximum Gasteiger partial charge on any atom is 0.222 e. The topological polar surface area (TPSA) is 67.6 Å². The molecule has 0 aromatic heterocycles. The molecule has 0 saturated carbocycles. The predicted molar refractivity (Wildman–Crippen MR) is 72.3 cm³/mol. The van der Waals surface area contributed by atoms with Crippen molar-refractivity contribution in [3.8, 4) is 0 Å². The van der Waals surface area contributed by atoms with Gasteiger partial charge < -0.3 is 20.7 Å². The van der Waals surface area contributed by atoms with Gasteiger partial charge in [0, 0.05) is 32.8 Å². The van der Waals surface area contributed by atoms with E-state index in [4.69, 9.17) is 10.5 Å². The maximum absolute atomic E-state index is 11.7. The average Bonchev–Trinajstić information content (AvgIpc) is 2.82. The Hall–Kier alpha value is -0.650. The second-order valence-electron chi connectivity index (χ2n) is 5.34. The lowest BCUT2D eigenvalue weighted by atomic mass is 10.1. The zero-order valence-electron chi connectivity index (χ0n) is 11.8. The Labute approximate surface area is 110 Å². The monoisotopic (exact) mass is 257 g/mol. The smallest absolute Gasteiger partial charge is 0.222 e. The highest BCUT2D eigenvalue weighted by Gasteiger charge is 2.24. The SMILES string of the molecule is COC(CN)CC(=O)NCC1CCN(C(C)C)C1. The molecule has 2 atom stereocenters. The minimum absolute atomic E-state index is 0.0373. The summed E-state index contributed by atoms with van der Waals surface area (Å²) in [5, 5.41) is 2.98. The number of amides is 1. The molecule has 0 aromatic carbocycles. The zero-order chi connectivity index (χ0) is 13.5. The van der Waals surface area contributed by atoms with E-state index in [2.05, 4.69) is 24.1 Å². The van der Waals surface area contributed by atoms with Crippen LogP contribution in [0.3, 0.4) is 0 Å². The van der Waals surface area contributed by atoms with Crippen LogP contribution in [0, 0.1) is 5.92 Å². The van der Waals surface area contributed by atoms with Gasteiger partial charge in [-0.15, -0.1) is 0 Å². The van der Waals surface area contributed by atoms with Crippen LogP contribution < -0.4 is 11.1 Å². The van der Waals surface area contributed by atoms with Gasteiger partial charge in [0.05, 0.1) is 12.5 Å². The highest BCUT2D eigenvalue weighted by Crippen LogP contribution is 2.17. The van der Waals surface area contributed by atoms with Crippen molar-refractivity contribution < 1.29 is 9.53 Å². The van der Waals surface area contributed by atoms with E-state index in [0.717, 1.165) is 19.6 Å². The lowest BCUT2D eigenvalue weighted by Gasteiger charge is -2.20. The molecule has 106 valence electrons. The number of hydrogen-bond acceptors (Lipinski definition) is 4. The van der Waals surface area contributed by atoms with Crippen LogP contribution in [0.5, 0.6) is 0 Å². The summed E-state index contributed by atoms with van der Waals surface area (Å²) in [7, 11) is 1.59. The fraction of sp³-hybridized carbons (Fsp3) is 0.923. The van der Waals surface area contributed by atoms with Gasteiger partial charge in [-0.3, -0.25) is 4.79 Å². The predicted octanol–water partition coefficient (Wildman–Crippen LogP) is 0.197. The summed E-state index contributed by atoms with van der Waals surface area (Å²) in [6, 6.07) is 0.598. The quantitative estimate of drug-likeness (QED) is 0.683. The molecule has 1 amide bonds. The van der Waals surface area contributed by atoms with E-state index in [0.29, 0.717) is 24.9 Å². The molecule has 1 heterocycles.